The zero-order valence-corrected chi connectivity index (χ0v) is 22.4. The van der Waals surface area contributed by atoms with Gasteiger partial charge in [-0.25, -0.2) is 17.6 Å². The second kappa shape index (κ2) is 11.4. The summed E-state index contributed by atoms with van der Waals surface area (Å²) in [7, 11) is 0. The van der Waals surface area contributed by atoms with Crippen LogP contribution in [0.25, 0.3) is 0 Å². The van der Waals surface area contributed by atoms with Gasteiger partial charge in [-0.05, 0) is 66.3 Å². The molecule has 2 aliphatic heterocycles. The van der Waals surface area contributed by atoms with Gasteiger partial charge in [-0.15, -0.1) is 0 Å². The summed E-state index contributed by atoms with van der Waals surface area (Å²) in [4.78, 5) is 1.47. The van der Waals surface area contributed by atoms with Crippen LogP contribution in [0.15, 0.2) is 60.7 Å². The summed E-state index contributed by atoms with van der Waals surface area (Å²) >= 11 is 0. The molecule has 2 heterocycles. The summed E-state index contributed by atoms with van der Waals surface area (Å²) < 4.78 is 70.5. The summed E-state index contributed by atoms with van der Waals surface area (Å²) in [6.07, 6.45) is 1.61. The second-order valence-corrected chi connectivity index (χ2v) is 11.4. The largest absolute Gasteiger partial charge is 0.490 e. The molecule has 3 aromatic rings. The average molecular weight is 555 g/mol. The Bertz CT molecular complexity index is 1310. The molecule has 1 spiro atoms. The monoisotopic (exact) mass is 554 g/mol. The molecule has 212 valence electrons. The lowest BCUT2D eigenvalue weighted by Gasteiger charge is -2.47. The van der Waals surface area contributed by atoms with Crippen molar-refractivity contribution in [2.24, 2.45) is 5.41 Å². The Kier molecular flexibility index (Phi) is 7.73. The molecule has 1 saturated carbocycles. The van der Waals surface area contributed by atoms with Gasteiger partial charge >= 0.3 is 0 Å². The fourth-order valence-corrected chi connectivity index (χ4v) is 6.57. The van der Waals surface area contributed by atoms with Crippen molar-refractivity contribution < 1.29 is 27.0 Å². The molecule has 6 rings (SSSR count). The highest BCUT2D eigenvalue weighted by atomic mass is 19.3. The number of nitrogens with one attached hydrogen (secondary N) is 1. The molecule has 0 bridgehead atoms. The van der Waals surface area contributed by atoms with E-state index >= 15 is 8.78 Å². The highest BCUT2D eigenvalue weighted by Crippen LogP contribution is 2.43. The van der Waals surface area contributed by atoms with Gasteiger partial charge in [0.05, 0.1) is 18.7 Å². The van der Waals surface area contributed by atoms with E-state index in [4.69, 9.17) is 9.47 Å². The van der Waals surface area contributed by atoms with E-state index in [1.807, 2.05) is 36.4 Å². The van der Waals surface area contributed by atoms with Gasteiger partial charge in [0, 0.05) is 37.3 Å². The molecule has 3 aromatic carbocycles. The van der Waals surface area contributed by atoms with E-state index < -0.39 is 30.6 Å². The lowest BCUT2D eigenvalue weighted by atomic mass is 9.69. The molecular weight excluding hydrogens is 520 g/mol. The zero-order valence-electron chi connectivity index (χ0n) is 22.4. The first-order chi connectivity index (χ1) is 19.4. The van der Waals surface area contributed by atoms with Crippen molar-refractivity contribution in [2.45, 2.75) is 57.3 Å². The molecule has 2 atom stereocenters. The minimum absolute atomic E-state index is 0.0967. The van der Waals surface area contributed by atoms with Crippen LogP contribution in [0.5, 0.6) is 11.5 Å². The molecule has 0 aromatic heterocycles. The van der Waals surface area contributed by atoms with E-state index in [1.165, 1.54) is 17.0 Å². The fourth-order valence-electron chi connectivity index (χ4n) is 6.57. The first-order valence-corrected chi connectivity index (χ1v) is 14.1. The molecule has 8 heteroatoms. The summed E-state index contributed by atoms with van der Waals surface area (Å²) in [6, 6.07) is 16.5. The molecule has 2 unspecified atom stereocenters. The number of nitrogens with zero attached hydrogens (tertiary/aromatic N) is 1. The van der Waals surface area contributed by atoms with Gasteiger partial charge in [-0.2, -0.15) is 0 Å². The van der Waals surface area contributed by atoms with Crippen molar-refractivity contribution >= 4 is 0 Å². The van der Waals surface area contributed by atoms with Crippen molar-refractivity contribution in [1.82, 2.24) is 10.2 Å². The fraction of sp³-hybridized carbons (Fsp3) is 0.438. The lowest BCUT2D eigenvalue weighted by Crippen LogP contribution is -2.56. The first-order valence-electron chi connectivity index (χ1n) is 14.1. The first kappa shape index (κ1) is 27.1. The number of ether oxygens (including phenoxy) is 2. The molecule has 0 radical (unpaired) electrons. The van der Waals surface area contributed by atoms with Crippen LogP contribution in [0, 0.1) is 17.0 Å². The van der Waals surface area contributed by atoms with Gasteiger partial charge in [0.25, 0.3) is 6.43 Å². The predicted octanol–water partition coefficient (Wildman–Crippen LogP) is 6.67. The quantitative estimate of drug-likeness (QED) is 0.316. The van der Waals surface area contributed by atoms with Gasteiger partial charge in [0.1, 0.15) is 29.7 Å². The van der Waals surface area contributed by atoms with E-state index in [0.29, 0.717) is 24.3 Å². The Balaban J connectivity index is 1.26. The van der Waals surface area contributed by atoms with E-state index in [0.717, 1.165) is 49.9 Å². The van der Waals surface area contributed by atoms with E-state index in [-0.39, 0.29) is 29.4 Å². The Morgan fingerprint density at radius 3 is 2.45 bits per heavy atom. The summed E-state index contributed by atoms with van der Waals surface area (Å²) in [5.74, 6) is -0.797. The predicted molar refractivity (Wildman–Crippen MR) is 145 cm³/mol. The Morgan fingerprint density at radius 1 is 0.975 bits per heavy atom. The maximum atomic E-state index is 15.7. The van der Waals surface area contributed by atoms with Crippen LogP contribution >= 0.6 is 0 Å². The van der Waals surface area contributed by atoms with Crippen molar-refractivity contribution in [2.75, 3.05) is 26.2 Å². The minimum Gasteiger partial charge on any atom is -0.490 e. The number of halogens is 4. The third-order valence-corrected chi connectivity index (χ3v) is 8.59. The summed E-state index contributed by atoms with van der Waals surface area (Å²) in [5, 5.41) is 3.32. The smallest absolute Gasteiger partial charge is 0.251 e. The van der Waals surface area contributed by atoms with Gasteiger partial charge in [0.2, 0.25) is 0 Å². The van der Waals surface area contributed by atoms with Crippen LogP contribution in [0.2, 0.25) is 0 Å². The number of hydrogen-bond acceptors (Lipinski definition) is 4. The number of hydrogen-bond donors (Lipinski definition) is 1. The molecule has 1 aliphatic carbocycles. The molecule has 40 heavy (non-hydrogen) atoms. The van der Waals surface area contributed by atoms with Gasteiger partial charge in [-0.3, -0.25) is 4.90 Å². The van der Waals surface area contributed by atoms with E-state index in [1.54, 1.807) is 12.1 Å². The number of fused-ring (bicyclic) bond motifs is 1. The Hall–Kier alpha value is -3.10. The van der Waals surface area contributed by atoms with Crippen LogP contribution in [0.4, 0.5) is 17.6 Å². The Labute approximate surface area is 232 Å². The standard InChI is InChI=1S/C32H34F4N2O2/c33-27-14-25(40-24-7-4-11-32(16-24)19-37-20-32)15-28(34)30(27)31-26-9-8-23(39-18-21-5-2-1-3-6-21)13-22(26)10-12-38(31)17-29(35)36/h1-3,5-6,8-9,13-15,24,29,31,37H,4,7,10-12,16-20H2. The molecule has 0 amide bonds. The summed E-state index contributed by atoms with van der Waals surface area (Å²) in [6.45, 7) is 1.96. The van der Waals surface area contributed by atoms with E-state index in [2.05, 4.69) is 5.32 Å². The van der Waals surface area contributed by atoms with Crippen LogP contribution in [0.1, 0.15) is 54.0 Å². The van der Waals surface area contributed by atoms with Crippen LogP contribution in [-0.2, 0) is 13.0 Å². The number of rotatable bonds is 8. The van der Waals surface area contributed by atoms with Crippen LogP contribution < -0.4 is 14.8 Å². The highest BCUT2D eigenvalue weighted by Gasteiger charge is 2.42. The maximum absolute atomic E-state index is 15.7. The molecule has 3 aliphatic rings. The highest BCUT2D eigenvalue weighted by molar-refractivity contribution is 5.46. The maximum Gasteiger partial charge on any atom is 0.251 e. The van der Waals surface area contributed by atoms with Crippen molar-refractivity contribution in [1.29, 1.82) is 0 Å². The molecule has 4 nitrogen and oxygen atoms in total. The third kappa shape index (κ3) is 5.70. The summed E-state index contributed by atoms with van der Waals surface area (Å²) in [5.41, 5.74) is 2.46. The molecule has 1 N–H and O–H groups in total. The second-order valence-electron chi connectivity index (χ2n) is 11.4. The van der Waals surface area contributed by atoms with Gasteiger partial charge < -0.3 is 14.8 Å². The van der Waals surface area contributed by atoms with Crippen LogP contribution in [0.3, 0.4) is 0 Å². The Morgan fingerprint density at radius 2 is 1.75 bits per heavy atom. The average Bonchev–Trinajstić information content (AvgIpc) is 2.92. The van der Waals surface area contributed by atoms with Crippen LogP contribution in [-0.4, -0.2) is 43.6 Å². The third-order valence-electron chi connectivity index (χ3n) is 8.59. The normalized spacial score (nSPS) is 22.1. The van der Waals surface area contributed by atoms with E-state index in [9.17, 15) is 8.78 Å². The minimum atomic E-state index is -2.63. The van der Waals surface area contributed by atoms with Gasteiger partial charge in [-0.1, -0.05) is 36.4 Å². The van der Waals surface area contributed by atoms with Gasteiger partial charge in [0.15, 0.2) is 0 Å². The zero-order chi connectivity index (χ0) is 27.7. The topological polar surface area (TPSA) is 33.7 Å². The number of alkyl halides is 2. The lowest BCUT2D eigenvalue weighted by molar-refractivity contribution is 0.0260. The molecular formula is C32H34F4N2O2. The van der Waals surface area contributed by atoms with Crippen molar-refractivity contribution in [3.8, 4) is 11.5 Å². The molecule has 2 fully saturated rings. The molecule has 1 saturated heterocycles. The number of benzene rings is 3. The SMILES string of the molecule is Fc1cc(OC2CCCC3(CNC3)C2)cc(F)c1C1c2ccc(OCc3ccccc3)cc2CCN1CC(F)F. The van der Waals surface area contributed by atoms with Crippen molar-refractivity contribution in [3.63, 3.8) is 0 Å². The van der Waals surface area contributed by atoms with Crippen molar-refractivity contribution in [3.05, 3.63) is 94.6 Å².